The minimum Gasteiger partial charge on any atom is -0.325 e. The maximum Gasteiger partial charge on any atom is 0.211 e. The van der Waals surface area contributed by atoms with Crippen molar-refractivity contribution in [3.63, 3.8) is 0 Å². The lowest BCUT2D eigenvalue weighted by atomic mass is 10.3. The molecular weight excluding hydrogens is 165 g/mol. The Balaban J connectivity index is 3.09. The van der Waals surface area contributed by atoms with Crippen molar-refractivity contribution >= 4 is 24.7 Å². The van der Waals surface area contributed by atoms with Crippen LogP contribution in [0.25, 0.3) is 0 Å². The zero-order valence-corrected chi connectivity index (χ0v) is 6.44. The minimum absolute atomic E-state index is 0.117. The van der Waals surface area contributed by atoms with Crippen LogP contribution in [0.3, 0.4) is 0 Å². The summed E-state index contributed by atoms with van der Waals surface area (Å²) in [6, 6.07) is 4.37. The third-order valence-corrected chi connectivity index (χ3v) is 1.57. The maximum atomic E-state index is 12.8. The molecule has 0 aliphatic rings. The van der Waals surface area contributed by atoms with E-state index >= 15 is 0 Å². The lowest BCUT2D eigenvalue weighted by Gasteiger charge is -2.02. The van der Waals surface area contributed by atoms with Crippen molar-refractivity contribution in [1.82, 2.24) is 0 Å². The second kappa shape index (κ2) is 3.39. The molecule has 2 nitrogen and oxygen atoms in total. The first-order valence-corrected chi connectivity index (χ1v) is 3.38. The van der Waals surface area contributed by atoms with Gasteiger partial charge in [-0.05, 0) is 12.1 Å². The van der Waals surface area contributed by atoms with E-state index in [1.165, 1.54) is 12.1 Å². The van der Waals surface area contributed by atoms with Crippen LogP contribution in [0.5, 0.6) is 0 Å². The van der Waals surface area contributed by atoms with Crippen LogP contribution in [-0.2, 0) is 4.79 Å². The molecule has 0 aliphatic carbocycles. The first-order valence-electron chi connectivity index (χ1n) is 2.93. The number of halogens is 1. The number of thiol groups is 1. The number of carbonyl (C=O) groups excluding carboxylic acids is 1. The Morgan fingerprint density at radius 3 is 2.82 bits per heavy atom. The Morgan fingerprint density at radius 2 is 2.27 bits per heavy atom. The van der Waals surface area contributed by atoms with E-state index in [-0.39, 0.29) is 5.69 Å². The first kappa shape index (κ1) is 8.07. The summed E-state index contributed by atoms with van der Waals surface area (Å²) in [7, 11) is 0. The summed E-state index contributed by atoms with van der Waals surface area (Å²) in [5.74, 6) is -0.482. The molecule has 11 heavy (non-hydrogen) atoms. The predicted octanol–water partition coefficient (Wildman–Crippen LogP) is 1.68. The molecule has 0 aliphatic heterocycles. The van der Waals surface area contributed by atoms with Gasteiger partial charge in [-0.15, -0.1) is 12.6 Å². The molecule has 0 heterocycles. The average Bonchev–Trinajstić information content (AvgIpc) is 1.97. The van der Waals surface area contributed by atoms with E-state index in [1.54, 1.807) is 6.07 Å². The molecule has 0 radical (unpaired) electrons. The minimum atomic E-state index is -0.482. The third kappa shape index (κ3) is 1.71. The van der Waals surface area contributed by atoms with Gasteiger partial charge in [0.1, 0.15) is 5.82 Å². The number of hydrogen-bond acceptors (Lipinski definition) is 2. The predicted molar refractivity (Wildman–Crippen MR) is 43.3 cm³/mol. The van der Waals surface area contributed by atoms with Crippen LogP contribution in [-0.4, -0.2) is 6.41 Å². The second-order valence-electron chi connectivity index (χ2n) is 1.90. The second-order valence-corrected chi connectivity index (χ2v) is 2.38. The smallest absolute Gasteiger partial charge is 0.211 e. The van der Waals surface area contributed by atoms with Gasteiger partial charge >= 0.3 is 0 Å². The van der Waals surface area contributed by atoms with Gasteiger partial charge in [-0.2, -0.15) is 0 Å². The molecule has 1 aromatic carbocycles. The molecule has 0 aromatic heterocycles. The number of para-hydroxylation sites is 1. The lowest BCUT2D eigenvalue weighted by molar-refractivity contribution is -0.105. The summed E-state index contributed by atoms with van der Waals surface area (Å²) in [6.07, 6.45) is 0.415. The van der Waals surface area contributed by atoms with Gasteiger partial charge in [0.2, 0.25) is 6.41 Å². The molecule has 1 amide bonds. The van der Waals surface area contributed by atoms with E-state index in [9.17, 15) is 9.18 Å². The van der Waals surface area contributed by atoms with Gasteiger partial charge in [0.05, 0.1) is 5.69 Å². The van der Waals surface area contributed by atoms with Crippen molar-refractivity contribution in [3.8, 4) is 0 Å². The van der Waals surface area contributed by atoms with Gasteiger partial charge < -0.3 is 5.32 Å². The number of amides is 1. The third-order valence-electron chi connectivity index (χ3n) is 1.19. The molecule has 1 rings (SSSR count). The molecule has 0 atom stereocenters. The standard InChI is InChI=1S/C7H6FNOS/c8-5-2-1-3-6(11)7(5)9-4-10/h1-4,11H,(H,9,10). The molecule has 0 fully saturated rings. The van der Waals surface area contributed by atoms with Crippen molar-refractivity contribution in [2.24, 2.45) is 0 Å². The summed E-state index contributed by atoms with van der Waals surface area (Å²) in [5, 5.41) is 2.21. The molecular formula is C7H6FNOS. The van der Waals surface area contributed by atoms with Crippen LogP contribution in [0, 0.1) is 5.82 Å². The molecule has 1 aromatic rings. The highest BCUT2D eigenvalue weighted by Crippen LogP contribution is 2.21. The van der Waals surface area contributed by atoms with E-state index < -0.39 is 5.82 Å². The summed E-state index contributed by atoms with van der Waals surface area (Å²) in [5.41, 5.74) is 0.117. The zero-order chi connectivity index (χ0) is 8.27. The summed E-state index contributed by atoms with van der Waals surface area (Å²) in [4.78, 5) is 10.4. The number of nitrogens with one attached hydrogen (secondary N) is 1. The largest absolute Gasteiger partial charge is 0.325 e. The van der Waals surface area contributed by atoms with Crippen LogP contribution >= 0.6 is 12.6 Å². The Labute approximate surface area is 68.8 Å². The molecule has 0 spiro atoms. The van der Waals surface area contributed by atoms with Gasteiger partial charge in [-0.3, -0.25) is 4.79 Å². The maximum absolute atomic E-state index is 12.8. The van der Waals surface area contributed by atoms with E-state index in [0.29, 0.717) is 11.3 Å². The monoisotopic (exact) mass is 171 g/mol. The fourth-order valence-corrected chi connectivity index (χ4v) is 0.972. The number of anilines is 1. The van der Waals surface area contributed by atoms with E-state index in [4.69, 9.17) is 0 Å². The highest BCUT2D eigenvalue weighted by atomic mass is 32.1. The van der Waals surface area contributed by atoms with Crippen molar-refractivity contribution in [2.75, 3.05) is 5.32 Å². The Hall–Kier alpha value is -1.03. The molecule has 58 valence electrons. The number of carbonyl (C=O) groups is 1. The molecule has 0 unspecified atom stereocenters. The number of hydrogen-bond donors (Lipinski definition) is 2. The van der Waals surface area contributed by atoms with Gasteiger partial charge in [0.15, 0.2) is 0 Å². The molecule has 0 saturated heterocycles. The highest BCUT2D eigenvalue weighted by molar-refractivity contribution is 7.80. The first-order chi connectivity index (χ1) is 5.25. The normalized spacial score (nSPS) is 9.27. The molecule has 4 heteroatoms. The lowest BCUT2D eigenvalue weighted by Crippen LogP contribution is -1.97. The van der Waals surface area contributed by atoms with Gasteiger partial charge in [-0.1, -0.05) is 6.07 Å². The number of benzene rings is 1. The Kier molecular flexibility index (Phi) is 2.48. The Bertz CT molecular complexity index is 257. The summed E-state index contributed by atoms with van der Waals surface area (Å²) in [6.45, 7) is 0. The van der Waals surface area contributed by atoms with E-state index in [0.717, 1.165) is 0 Å². The molecule has 0 saturated carbocycles. The SMILES string of the molecule is O=CNc1c(F)cccc1S. The fourth-order valence-electron chi connectivity index (χ4n) is 0.715. The van der Waals surface area contributed by atoms with Gasteiger partial charge in [0.25, 0.3) is 0 Å². The van der Waals surface area contributed by atoms with Crippen LogP contribution in [0.4, 0.5) is 10.1 Å². The fraction of sp³-hybridized carbons (Fsp3) is 0. The highest BCUT2D eigenvalue weighted by Gasteiger charge is 2.02. The topological polar surface area (TPSA) is 29.1 Å². The van der Waals surface area contributed by atoms with Crippen LogP contribution < -0.4 is 5.32 Å². The van der Waals surface area contributed by atoms with Gasteiger partial charge in [0, 0.05) is 4.90 Å². The van der Waals surface area contributed by atoms with Crippen LogP contribution in [0.1, 0.15) is 0 Å². The zero-order valence-electron chi connectivity index (χ0n) is 5.54. The number of rotatable bonds is 2. The van der Waals surface area contributed by atoms with E-state index in [2.05, 4.69) is 17.9 Å². The van der Waals surface area contributed by atoms with Gasteiger partial charge in [-0.25, -0.2) is 4.39 Å². The van der Waals surface area contributed by atoms with Crippen molar-refractivity contribution in [2.45, 2.75) is 4.90 Å². The van der Waals surface area contributed by atoms with E-state index in [1.807, 2.05) is 0 Å². The van der Waals surface area contributed by atoms with Crippen molar-refractivity contribution in [1.29, 1.82) is 0 Å². The Morgan fingerprint density at radius 1 is 1.55 bits per heavy atom. The quantitative estimate of drug-likeness (QED) is 0.514. The average molecular weight is 171 g/mol. The summed E-state index contributed by atoms with van der Waals surface area (Å²) >= 11 is 3.94. The molecule has 1 N–H and O–H groups in total. The molecule has 0 bridgehead atoms. The van der Waals surface area contributed by atoms with Crippen LogP contribution in [0.15, 0.2) is 23.1 Å². The van der Waals surface area contributed by atoms with Crippen LogP contribution in [0.2, 0.25) is 0 Å². The van der Waals surface area contributed by atoms with Crippen molar-refractivity contribution in [3.05, 3.63) is 24.0 Å². The summed E-state index contributed by atoms with van der Waals surface area (Å²) < 4.78 is 12.8. The van der Waals surface area contributed by atoms with Crippen molar-refractivity contribution < 1.29 is 9.18 Å².